The molecule has 1 aromatic rings. The minimum Gasteiger partial charge on any atom is -0.378 e. The number of nitro groups is 1. The number of urea groups is 1. The van der Waals surface area contributed by atoms with Crippen molar-refractivity contribution in [3.05, 3.63) is 50.2 Å². The molecule has 150 valence electrons. The monoisotopic (exact) mass is 408 g/mol. The first-order valence-corrected chi connectivity index (χ1v) is 9.14. The molecule has 3 rings (SSSR count). The third-order valence-corrected chi connectivity index (χ3v) is 5.47. The number of nitrogens with zero attached hydrogens (tertiary/aromatic N) is 4. The van der Waals surface area contributed by atoms with E-state index >= 15 is 0 Å². The summed E-state index contributed by atoms with van der Waals surface area (Å²) in [6.07, 6.45) is 0. The molecule has 0 N–H and O–H groups in total. The highest BCUT2D eigenvalue weighted by atomic mass is 35.5. The van der Waals surface area contributed by atoms with Crippen LogP contribution in [0.15, 0.2) is 29.5 Å². The van der Waals surface area contributed by atoms with Gasteiger partial charge in [-0.05, 0) is 18.6 Å². The van der Waals surface area contributed by atoms with Crippen LogP contribution in [0, 0.1) is 10.1 Å². The SMILES string of the molecule is CC1=C(C(=O)N2CCOCC2)C(c2ccc(Cl)c([N+](=O)[O-])c2)N(C)C(=O)N1C. The average Bonchev–Trinajstić information content (AvgIpc) is 2.69. The number of amides is 3. The van der Waals surface area contributed by atoms with Gasteiger partial charge in [0.1, 0.15) is 5.02 Å². The van der Waals surface area contributed by atoms with Crippen LogP contribution in [0.3, 0.4) is 0 Å². The summed E-state index contributed by atoms with van der Waals surface area (Å²) in [5, 5.41) is 11.3. The number of allylic oxidation sites excluding steroid dienone is 1. The van der Waals surface area contributed by atoms with Gasteiger partial charge in [0.2, 0.25) is 0 Å². The summed E-state index contributed by atoms with van der Waals surface area (Å²) < 4.78 is 5.32. The fourth-order valence-corrected chi connectivity index (χ4v) is 3.69. The van der Waals surface area contributed by atoms with Crippen LogP contribution in [0.2, 0.25) is 5.02 Å². The molecule has 0 bridgehead atoms. The Hall–Kier alpha value is -2.65. The minimum absolute atomic E-state index is 0.00239. The van der Waals surface area contributed by atoms with Gasteiger partial charge in [0.15, 0.2) is 0 Å². The number of benzene rings is 1. The van der Waals surface area contributed by atoms with E-state index < -0.39 is 11.0 Å². The molecule has 0 aliphatic carbocycles. The second-order valence-corrected chi connectivity index (χ2v) is 7.13. The van der Waals surface area contributed by atoms with Gasteiger partial charge in [0.25, 0.3) is 11.6 Å². The third-order valence-electron chi connectivity index (χ3n) is 5.15. The zero-order valence-electron chi connectivity index (χ0n) is 15.8. The molecule has 2 aliphatic rings. The summed E-state index contributed by atoms with van der Waals surface area (Å²) in [7, 11) is 3.17. The van der Waals surface area contributed by atoms with Crippen molar-refractivity contribution in [3.8, 4) is 0 Å². The van der Waals surface area contributed by atoms with E-state index in [1.807, 2.05) is 0 Å². The minimum atomic E-state index is -0.755. The smallest absolute Gasteiger partial charge is 0.324 e. The van der Waals surface area contributed by atoms with E-state index in [0.29, 0.717) is 43.1 Å². The molecule has 0 saturated carbocycles. The maximum Gasteiger partial charge on any atom is 0.324 e. The average molecular weight is 409 g/mol. The number of ether oxygens (including phenoxy) is 1. The molecular weight excluding hydrogens is 388 g/mol. The predicted octanol–water partition coefficient (Wildman–Crippen LogP) is 2.42. The predicted molar refractivity (Wildman–Crippen MR) is 102 cm³/mol. The fourth-order valence-electron chi connectivity index (χ4n) is 3.50. The van der Waals surface area contributed by atoms with Gasteiger partial charge in [-0.1, -0.05) is 17.7 Å². The molecule has 10 heteroatoms. The van der Waals surface area contributed by atoms with E-state index in [4.69, 9.17) is 16.3 Å². The normalized spacial score (nSPS) is 20.6. The zero-order chi connectivity index (χ0) is 20.6. The molecule has 2 heterocycles. The maximum absolute atomic E-state index is 13.3. The largest absolute Gasteiger partial charge is 0.378 e. The van der Waals surface area contributed by atoms with Crippen molar-refractivity contribution < 1.29 is 19.2 Å². The first-order valence-electron chi connectivity index (χ1n) is 8.76. The highest BCUT2D eigenvalue weighted by Gasteiger charge is 2.40. The van der Waals surface area contributed by atoms with Crippen molar-refractivity contribution in [2.24, 2.45) is 0 Å². The van der Waals surface area contributed by atoms with Crippen molar-refractivity contribution >= 4 is 29.2 Å². The van der Waals surface area contributed by atoms with Crippen LogP contribution in [0.1, 0.15) is 18.5 Å². The molecule has 0 radical (unpaired) electrons. The number of nitro benzene ring substituents is 1. The molecule has 1 unspecified atom stereocenters. The van der Waals surface area contributed by atoms with Crippen molar-refractivity contribution in [2.75, 3.05) is 40.4 Å². The fraction of sp³-hybridized carbons (Fsp3) is 0.444. The number of carbonyl (C=O) groups is 2. The maximum atomic E-state index is 13.3. The quantitative estimate of drug-likeness (QED) is 0.565. The number of rotatable bonds is 3. The van der Waals surface area contributed by atoms with Gasteiger partial charge in [-0.3, -0.25) is 14.9 Å². The van der Waals surface area contributed by atoms with Crippen molar-refractivity contribution in [1.82, 2.24) is 14.7 Å². The lowest BCUT2D eigenvalue weighted by Gasteiger charge is -2.41. The van der Waals surface area contributed by atoms with Crippen molar-refractivity contribution in [2.45, 2.75) is 13.0 Å². The first kappa shape index (κ1) is 20.1. The lowest BCUT2D eigenvalue weighted by molar-refractivity contribution is -0.384. The summed E-state index contributed by atoms with van der Waals surface area (Å²) in [5.74, 6) is -0.213. The standard InChI is InChI=1S/C18H21ClN4O5/c1-11-15(17(24)22-6-8-28-9-7-22)16(21(3)18(25)20(11)2)12-4-5-13(19)14(10-12)23(26)27/h4-5,10,16H,6-9H2,1-3H3. The van der Waals surface area contributed by atoms with Crippen LogP contribution in [-0.2, 0) is 9.53 Å². The molecule has 0 spiro atoms. The molecule has 1 fully saturated rings. The van der Waals surface area contributed by atoms with E-state index in [1.165, 1.54) is 21.9 Å². The molecule has 2 aliphatic heterocycles. The summed E-state index contributed by atoms with van der Waals surface area (Å²) in [6.45, 7) is 3.49. The molecule has 1 saturated heterocycles. The Morgan fingerprint density at radius 1 is 1.29 bits per heavy atom. The van der Waals surface area contributed by atoms with E-state index in [9.17, 15) is 19.7 Å². The molecular formula is C18H21ClN4O5. The second-order valence-electron chi connectivity index (χ2n) is 6.73. The van der Waals surface area contributed by atoms with E-state index in [-0.39, 0.29) is 22.6 Å². The second kappa shape index (κ2) is 7.76. The zero-order valence-corrected chi connectivity index (χ0v) is 16.6. The Bertz CT molecular complexity index is 866. The summed E-state index contributed by atoms with van der Waals surface area (Å²) in [6, 6.07) is 3.28. The summed E-state index contributed by atoms with van der Waals surface area (Å²) in [4.78, 5) is 41.2. The lowest BCUT2D eigenvalue weighted by Crippen LogP contribution is -2.50. The number of likely N-dealkylation sites (N-methyl/N-ethyl adjacent to an activating group) is 1. The van der Waals surface area contributed by atoms with E-state index in [0.717, 1.165) is 0 Å². The van der Waals surface area contributed by atoms with Crippen LogP contribution in [-0.4, -0.2) is 72.0 Å². The number of morpholine rings is 1. The molecule has 9 nitrogen and oxygen atoms in total. The number of hydrogen-bond acceptors (Lipinski definition) is 5. The molecule has 1 aromatic carbocycles. The van der Waals surface area contributed by atoms with Crippen LogP contribution >= 0.6 is 11.6 Å². The van der Waals surface area contributed by atoms with Crippen LogP contribution in [0.4, 0.5) is 10.5 Å². The van der Waals surface area contributed by atoms with Crippen LogP contribution in [0.5, 0.6) is 0 Å². The summed E-state index contributed by atoms with van der Waals surface area (Å²) in [5.41, 5.74) is 1.11. The Morgan fingerprint density at radius 2 is 1.93 bits per heavy atom. The number of halogens is 1. The molecule has 28 heavy (non-hydrogen) atoms. The Labute approximate surface area is 167 Å². The van der Waals surface area contributed by atoms with Crippen molar-refractivity contribution in [3.63, 3.8) is 0 Å². The van der Waals surface area contributed by atoms with Crippen LogP contribution < -0.4 is 0 Å². The van der Waals surface area contributed by atoms with Gasteiger partial charge in [-0.15, -0.1) is 0 Å². The Kier molecular flexibility index (Phi) is 5.57. The molecule has 1 atom stereocenters. The van der Waals surface area contributed by atoms with E-state index in [1.54, 1.807) is 32.0 Å². The van der Waals surface area contributed by atoms with Gasteiger partial charge in [0.05, 0.1) is 29.8 Å². The highest BCUT2D eigenvalue weighted by Crippen LogP contribution is 2.39. The first-order chi connectivity index (χ1) is 13.2. The number of carbonyl (C=O) groups excluding carboxylic acids is 2. The highest BCUT2D eigenvalue weighted by molar-refractivity contribution is 6.32. The lowest BCUT2D eigenvalue weighted by atomic mass is 9.92. The topological polar surface area (TPSA) is 96.2 Å². The Morgan fingerprint density at radius 3 is 2.54 bits per heavy atom. The van der Waals surface area contributed by atoms with Gasteiger partial charge in [-0.2, -0.15) is 0 Å². The van der Waals surface area contributed by atoms with E-state index in [2.05, 4.69) is 0 Å². The Balaban J connectivity index is 2.12. The van der Waals surface area contributed by atoms with Crippen molar-refractivity contribution in [1.29, 1.82) is 0 Å². The van der Waals surface area contributed by atoms with Gasteiger partial charge in [-0.25, -0.2) is 4.79 Å². The van der Waals surface area contributed by atoms with Gasteiger partial charge < -0.3 is 19.4 Å². The molecule has 0 aromatic heterocycles. The van der Waals surface area contributed by atoms with Crippen LogP contribution in [0.25, 0.3) is 0 Å². The number of hydrogen-bond donors (Lipinski definition) is 0. The van der Waals surface area contributed by atoms with Gasteiger partial charge >= 0.3 is 6.03 Å². The molecule has 3 amide bonds. The van der Waals surface area contributed by atoms with Gasteiger partial charge in [0, 0.05) is 38.9 Å². The summed E-state index contributed by atoms with van der Waals surface area (Å²) >= 11 is 5.94. The third kappa shape index (κ3) is 3.43.